The summed E-state index contributed by atoms with van der Waals surface area (Å²) in [5, 5.41) is 0.575. The fourth-order valence-electron chi connectivity index (χ4n) is 1.26. The normalized spacial score (nSPS) is 10.4. The van der Waals surface area contributed by atoms with Gasteiger partial charge in [-0.05, 0) is 17.7 Å². The van der Waals surface area contributed by atoms with E-state index in [0.717, 1.165) is 23.6 Å². The molecule has 0 unspecified atom stereocenters. The maximum atomic E-state index is 5.59. The zero-order valence-corrected chi connectivity index (χ0v) is 9.83. The molecule has 0 saturated heterocycles. The van der Waals surface area contributed by atoms with E-state index >= 15 is 0 Å². The molecule has 1 aromatic carbocycles. The van der Waals surface area contributed by atoms with Crippen LogP contribution in [-0.4, -0.2) is 9.36 Å². The second-order valence-electron chi connectivity index (χ2n) is 3.28. The van der Waals surface area contributed by atoms with E-state index in [0.29, 0.717) is 11.7 Å². The van der Waals surface area contributed by atoms with Gasteiger partial charge in [-0.3, -0.25) is 0 Å². The van der Waals surface area contributed by atoms with E-state index in [1.807, 2.05) is 31.2 Å². The molecule has 2 N–H and O–H groups in total. The van der Waals surface area contributed by atoms with Crippen LogP contribution in [0.25, 0.3) is 0 Å². The number of ether oxygens (including phenoxy) is 1. The largest absolute Gasteiger partial charge is 0.430 e. The topological polar surface area (TPSA) is 61.0 Å². The molecule has 1 aromatic heterocycles. The number of nitrogens with two attached hydrogens (primary N) is 1. The maximum absolute atomic E-state index is 5.59. The summed E-state index contributed by atoms with van der Waals surface area (Å²) in [5.41, 5.74) is 6.60. The third kappa shape index (κ3) is 2.56. The predicted molar refractivity (Wildman–Crippen MR) is 63.7 cm³/mol. The van der Waals surface area contributed by atoms with Gasteiger partial charge in [0.1, 0.15) is 11.6 Å². The molecule has 0 aliphatic heterocycles. The zero-order valence-electron chi connectivity index (χ0n) is 9.01. The summed E-state index contributed by atoms with van der Waals surface area (Å²) < 4.78 is 9.75. The lowest BCUT2D eigenvalue weighted by molar-refractivity contribution is 0.476. The first-order valence-electron chi connectivity index (χ1n) is 5.11. The number of benzene rings is 1. The van der Waals surface area contributed by atoms with Crippen LogP contribution in [0, 0.1) is 0 Å². The Bertz CT molecular complexity index is 470. The first kappa shape index (κ1) is 11.0. The Morgan fingerprint density at radius 3 is 3.00 bits per heavy atom. The van der Waals surface area contributed by atoms with Crippen LogP contribution < -0.4 is 10.5 Å². The summed E-state index contributed by atoms with van der Waals surface area (Å²) in [6.45, 7) is 2.52. The SMILES string of the molecule is CCc1nsc(Oc2cccc(CN)c2)n1. The van der Waals surface area contributed by atoms with Gasteiger partial charge < -0.3 is 10.5 Å². The molecule has 84 valence electrons. The second kappa shape index (κ2) is 5.05. The quantitative estimate of drug-likeness (QED) is 0.883. The lowest BCUT2D eigenvalue weighted by Gasteiger charge is -2.02. The molecular formula is C11H13N3OS. The van der Waals surface area contributed by atoms with Crippen molar-refractivity contribution in [2.75, 3.05) is 0 Å². The van der Waals surface area contributed by atoms with Gasteiger partial charge in [0.2, 0.25) is 0 Å². The summed E-state index contributed by atoms with van der Waals surface area (Å²) in [7, 11) is 0. The van der Waals surface area contributed by atoms with Crippen molar-refractivity contribution in [2.45, 2.75) is 19.9 Å². The van der Waals surface area contributed by atoms with Crippen molar-refractivity contribution in [3.05, 3.63) is 35.7 Å². The van der Waals surface area contributed by atoms with E-state index < -0.39 is 0 Å². The molecule has 0 aliphatic carbocycles. The molecule has 4 nitrogen and oxygen atoms in total. The molecule has 2 aromatic rings. The Labute approximate surface area is 98.3 Å². The third-order valence-corrected chi connectivity index (χ3v) is 2.74. The number of hydrogen-bond donors (Lipinski definition) is 1. The van der Waals surface area contributed by atoms with Crippen LogP contribution in [-0.2, 0) is 13.0 Å². The van der Waals surface area contributed by atoms with Gasteiger partial charge >= 0.3 is 0 Å². The van der Waals surface area contributed by atoms with Crippen molar-refractivity contribution in [1.82, 2.24) is 9.36 Å². The standard InChI is InChI=1S/C11H13N3OS/c1-2-10-13-11(16-14-10)15-9-5-3-4-8(6-9)7-12/h3-6H,2,7,12H2,1H3. The van der Waals surface area contributed by atoms with Crippen molar-refractivity contribution in [3.8, 4) is 10.9 Å². The highest BCUT2D eigenvalue weighted by atomic mass is 32.1. The molecular weight excluding hydrogens is 222 g/mol. The van der Waals surface area contributed by atoms with Crippen molar-refractivity contribution >= 4 is 11.5 Å². The van der Waals surface area contributed by atoms with Gasteiger partial charge in [0.25, 0.3) is 5.19 Å². The number of rotatable bonds is 4. The van der Waals surface area contributed by atoms with E-state index in [1.165, 1.54) is 11.5 Å². The fraction of sp³-hybridized carbons (Fsp3) is 0.273. The summed E-state index contributed by atoms with van der Waals surface area (Å²) in [5.74, 6) is 1.57. The van der Waals surface area contributed by atoms with Gasteiger partial charge in [-0.2, -0.15) is 9.36 Å². The molecule has 0 spiro atoms. The Hall–Kier alpha value is -1.46. The van der Waals surface area contributed by atoms with Crippen LogP contribution in [0.1, 0.15) is 18.3 Å². The minimum absolute atomic E-state index is 0.507. The maximum Gasteiger partial charge on any atom is 0.298 e. The molecule has 0 bridgehead atoms. The predicted octanol–water partition coefficient (Wildman–Crippen LogP) is 2.35. The smallest absolute Gasteiger partial charge is 0.298 e. The average molecular weight is 235 g/mol. The third-order valence-electron chi connectivity index (χ3n) is 2.10. The van der Waals surface area contributed by atoms with Crippen LogP contribution in [0.5, 0.6) is 10.9 Å². The van der Waals surface area contributed by atoms with Crippen LogP contribution in [0.15, 0.2) is 24.3 Å². The van der Waals surface area contributed by atoms with E-state index in [1.54, 1.807) is 0 Å². The lowest BCUT2D eigenvalue weighted by atomic mass is 10.2. The Morgan fingerprint density at radius 2 is 2.31 bits per heavy atom. The van der Waals surface area contributed by atoms with Crippen molar-refractivity contribution < 1.29 is 4.74 Å². The van der Waals surface area contributed by atoms with Crippen molar-refractivity contribution in [3.63, 3.8) is 0 Å². The molecule has 0 fully saturated rings. The van der Waals surface area contributed by atoms with E-state index in [-0.39, 0.29) is 0 Å². The molecule has 0 atom stereocenters. The van der Waals surface area contributed by atoms with Gasteiger partial charge in [0.15, 0.2) is 0 Å². The minimum atomic E-state index is 0.507. The number of hydrogen-bond acceptors (Lipinski definition) is 5. The van der Waals surface area contributed by atoms with E-state index in [9.17, 15) is 0 Å². The van der Waals surface area contributed by atoms with Gasteiger partial charge in [-0.1, -0.05) is 19.1 Å². The van der Waals surface area contributed by atoms with Crippen molar-refractivity contribution in [1.29, 1.82) is 0 Å². The van der Waals surface area contributed by atoms with Crippen LogP contribution in [0.3, 0.4) is 0 Å². The number of aromatic nitrogens is 2. The summed E-state index contributed by atoms with van der Waals surface area (Å²) in [4.78, 5) is 4.23. The summed E-state index contributed by atoms with van der Waals surface area (Å²) in [6, 6.07) is 7.67. The number of aryl methyl sites for hydroxylation is 1. The van der Waals surface area contributed by atoms with Crippen molar-refractivity contribution in [2.24, 2.45) is 5.73 Å². The molecule has 5 heteroatoms. The van der Waals surface area contributed by atoms with Gasteiger partial charge in [0.05, 0.1) is 0 Å². The highest BCUT2D eigenvalue weighted by Gasteiger charge is 2.04. The van der Waals surface area contributed by atoms with Crippen LogP contribution >= 0.6 is 11.5 Å². The lowest BCUT2D eigenvalue weighted by Crippen LogP contribution is -1.96. The molecule has 0 aliphatic rings. The highest BCUT2D eigenvalue weighted by Crippen LogP contribution is 2.23. The van der Waals surface area contributed by atoms with Gasteiger partial charge in [-0.15, -0.1) is 0 Å². The first-order chi connectivity index (χ1) is 7.81. The second-order valence-corrected chi connectivity index (χ2v) is 4.00. The van der Waals surface area contributed by atoms with E-state index in [2.05, 4.69) is 9.36 Å². The average Bonchev–Trinajstić information content (AvgIpc) is 2.77. The molecule has 1 heterocycles. The zero-order chi connectivity index (χ0) is 11.4. The number of nitrogens with zero attached hydrogens (tertiary/aromatic N) is 2. The molecule has 0 amide bonds. The molecule has 0 saturated carbocycles. The molecule has 0 radical (unpaired) electrons. The summed E-state index contributed by atoms with van der Waals surface area (Å²) in [6.07, 6.45) is 0.822. The van der Waals surface area contributed by atoms with Gasteiger partial charge in [0, 0.05) is 24.5 Å². The van der Waals surface area contributed by atoms with Gasteiger partial charge in [-0.25, -0.2) is 0 Å². The first-order valence-corrected chi connectivity index (χ1v) is 5.88. The van der Waals surface area contributed by atoms with Crippen LogP contribution in [0.2, 0.25) is 0 Å². The fourth-order valence-corrected chi connectivity index (χ4v) is 1.89. The summed E-state index contributed by atoms with van der Waals surface area (Å²) >= 11 is 1.27. The Morgan fingerprint density at radius 1 is 1.44 bits per heavy atom. The van der Waals surface area contributed by atoms with Crippen LogP contribution in [0.4, 0.5) is 0 Å². The van der Waals surface area contributed by atoms with E-state index in [4.69, 9.17) is 10.5 Å². The monoisotopic (exact) mass is 235 g/mol. The Balaban J connectivity index is 2.13. The molecule has 2 rings (SSSR count). The minimum Gasteiger partial charge on any atom is -0.430 e. The Kier molecular flexibility index (Phi) is 3.48. The molecule has 16 heavy (non-hydrogen) atoms. The highest BCUT2D eigenvalue weighted by molar-refractivity contribution is 7.07.